The number of hydrogen-bond acceptors (Lipinski definition) is 4. The van der Waals surface area contributed by atoms with Crippen molar-refractivity contribution < 1.29 is 47.6 Å². The van der Waals surface area contributed by atoms with E-state index in [0.717, 1.165) is 0 Å². The van der Waals surface area contributed by atoms with E-state index in [-0.39, 0.29) is 40.0 Å². The minimum absolute atomic E-state index is 0. The average molecular weight is 210 g/mol. The zero-order chi connectivity index (χ0) is 9.19. The topological polar surface area (TPSA) is 77.4 Å². The number of aliphatic hydroxyl groups excluding tert-OH is 1. The molecule has 4 nitrogen and oxygen atoms in total. The molecule has 0 saturated heterocycles. The van der Waals surface area contributed by atoms with Gasteiger partial charge in [-0.15, -0.1) is 0 Å². The fraction of sp³-hybridized carbons (Fsp3) is 0.143. The molecule has 0 aliphatic heterocycles. The normalized spacial score (nSPS) is 10.6. The largest absolute Gasteiger partial charge is 1.00 e. The smallest absolute Gasteiger partial charge is 0.744 e. The summed E-state index contributed by atoms with van der Waals surface area (Å²) in [5, 5.41) is 8.68. The Hall–Kier alpha value is 0.0900. The number of benzene rings is 1. The van der Waals surface area contributed by atoms with Gasteiger partial charge < -0.3 is 9.66 Å². The summed E-state index contributed by atoms with van der Waals surface area (Å²) in [5.74, 6) is 0. The molecule has 0 radical (unpaired) electrons. The van der Waals surface area contributed by atoms with Gasteiger partial charge in [0.15, 0.2) is 0 Å². The maximum atomic E-state index is 10.5. The van der Waals surface area contributed by atoms with Gasteiger partial charge in [-0.05, 0) is 11.6 Å². The van der Waals surface area contributed by atoms with E-state index in [2.05, 4.69) is 0 Å². The molecular formula is C7H7NaO4S. The van der Waals surface area contributed by atoms with E-state index < -0.39 is 16.7 Å². The second kappa shape index (κ2) is 5.09. The zero-order valence-electron chi connectivity index (χ0n) is 7.10. The first-order chi connectivity index (χ1) is 5.55. The molecule has 0 aliphatic rings. The quantitative estimate of drug-likeness (QED) is 0.419. The van der Waals surface area contributed by atoms with Crippen molar-refractivity contribution in [3.8, 4) is 0 Å². The van der Waals surface area contributed by atoms with Crippen LogP contribution in [0.15, 0.2) is 29.2 Å². The Bertz CT molecular complexity index is 374. The molecular weight excluding hydrogens is 203 g/mol. The van der Waals surface area contributed by atoms with Crippen molar-refractivity contribution in [1.29, 1.82) is 0 Å². The summed E-state index contributed by atoms with van der Waals surface area (Å²) in [6, 6.07) is 5.56. The van der Waals surface area contributed by atoms with E-state index in [1.165, 1.54) is 18.2 Å². The third kappa shape index (κ3) is 3.38. The van der Waals surface area contributed by atoms with Gasteiger partial charge in [0.1, 0.15) is 10.1 Å². The Kier molecular flexibility index (Phi) is 5.13. The first-order valence-electron chi connectivity index (χ1n) is 3.20. The summed E-state index contributed by atoms with van der Waals surface area (Å²) >= 11 is 0. The molecule has 0 aliphatic carbocycles. The summed E-state index contributed by atoms with van der Waals surface area (Å²) in [5.41, 5.74) is 0.132. The zero-order valence-corrected chi connectivity index (χ0v) is 9.91. The first kappa shape index (κ1) is 13.1. The molecule has 0 spiro atoms. The van der Waals surface area contributed by atoms with Gasteiger partial charge in [0.05, 0.1) is 11.5 Å². The summed E-state index contributed by atoms with van der Waals surface area (Å²) in [6.45, 7) is -0.447. The second-order valence-electron chi connectivity index (χ2n) is 2.22. The van der Waals surface area contributed by atoms with Crippen LogP contribution in [0.1, 0.15) is 5.56 Å². The molecule has 66 valence electrons. The van der Waals surface area contributed by atoms with Crippen molar-refractivity contribution in [2.75, 3.05) is 0 Å². The molecule has 0 amide bonds. The molecule has 1 aromatic rings. The van der Waals surface area contributed by atoms with Crippen molar-refractivity contribution in [2.24, 2.45) is 0 Å². The van der Waals surface area contributed by atoms with Gasteiger partial charge in [-0.1, -0.05) is 18.2 Å². The maximum absolute atomic E-state index is 10.5. The summed E-state index contributed by atoms with van der Waals surface area (Å²) in [4.78, 5) is -0.354. The van der Waals surface area contributed by atoms with Crippen molar-refractivity contribution >= 4 is 10.1 Å². The van der Waals surface area contributed by atoms with Crippen LogP contribution in [0.3, 0.4) is 0 Å². The van der Waals surface area contributed by atoms with E-state index in [0.29, 0.717) is 0 Å². The van der Waals surface area contributed by atoms with Crippen LogP contribution < -0.4 is 29.6 Å². The molecule has 0 heterocycles. The Morgan fingerprint density at radius 1 is 1.31 bits per heavy atom. The monoisotopic (exact) mass is 210 g/mol. The minimum atomic E-state index is -4.46. The van der Waals surface area contributed by atoms with Gasteiger partial charge in [-0.25, -0.2) is 8.42 Å². The van der Waals surface area contributed by atoms with Gasteiger partial charge in [0.25, 0.3) is 0 Å². The Balaban J connectivity index is 0.00000144. The van der Waals surface area contributed by atoms with Crippen LogP contribution in [0.25, 0.3) is 0 Å². The fourth-order valence-corrected chi connectivity index (χ4v) is 1.58. The van der Waals surface area contributed by atoms with E-state index in [1.54, 1.807) is 6.07 Å². The average Bonchev–Trinajstić information content (AvgIpc) is 2.03. The fourth-order valence-electron chi connectivity index (χ4n) is 0.878. The maximum Gasteiger partial charge on any atom is 1.00 e. The number of hydrogen-bond donors (Lipinski definition) is 1. The van der Waals surface area contributed by atoms with Crippen LogP contribution in [-0.4, -0.2) is 18.1 Å². The van der Waals surface area contributed by atoms with Gasteiger partial charge in [-0.2, -0.15) is 0 Å². The first-order valence-corrected chi connectivity index (χ1v) is 4.61. The van der Waals surface area contributed by atoms with Gasteiger partial charge in [-0.3, -0.25) is 0 Å². The van der Waals surface area contributed by atoms with Crippen LogP contribution in [0.4, 0.5) is 0 Å². The molecule has 0 bridgehead atoms. The molecule has 13 heavy (non-hydrogen) atoms. The molecule has 0 fully saturated rings. The molecule has 6 heteroatoms. The van der Waals surface area contributed by atoms with Crippen molar-refractivity contribution in [2.45, 2.75) is 11.5 Å². The molecule has 0 atom stereocenters. The molecule has 1 aromatic carbocycles. The van der Waals surface area contributed by atoms with Gasteiger partial charge >= 0.3 is 29.6 Å². The number of aliphatic hydroxyl groups is 1. The number of rotatable bonds is 2. The van der Waals surface area contributed by atoms with E-state index in [1.807, 2.05) is 0 Å². The summed E-state index contributed by atoms with van der Waals surface area (Å²) in [7, 11) is -4.46. The minimum Gasteiger partial charge on any atom is -0.744 e. The van der Waals surface area contributed by atoms with Crippen molar-refractivity contribution in [1.82, 2.24) is 0 Å². The molecule has 0 unspecified atom stereocenters. The molecule has 0 aromatic heterocycles. The Morgan fingerprint density at radius 2 is 1.85 bits per heavy atom. The van der Waals surface area contributed by atoms with Gasteiger partial charge in [0.2, 0.25) is 0 Å². The second-order valence-corrected chi connectivity index (χ2v) is 3.57. The SMILES string of the molecule is O=S(=O)([O-])c1ccccc1CO.[Na+]. The standard InChI is InChI=1S/C7H8O4S.Na/c8-5-6-3-1-2-4-7(6)12(9,10)11;/h1-4,8H,5H2,(H,9,10,11);/q;+1/p-1. The molecule has 0 saturated carbocycles. The van der Waals surface area contributed by atoms with Crippen LogP contribution in [-0.2, 0) is 16.7 Å². The van der Waals surface area contributed by atoms with E-state index in [9.17, 15) is 13.0 Å². The molecule has 1 rings (SSSR count). The van der Waals surface area contributed by atoms with Crippen LogP contribution in [0, 0.1) is 0 Å². The van der Waals surface area contributed by atoms with Crippen LogP contribution in [0.5, 0.6) is 0 Å². The summed E-state index contributed by atoms with van der Waals surface area (Å²) in [6.07, 6.45) is 0. The predicted molar refractivity (Wildman–Crippen MR) is 40.3 cm³/mol. The summed E-state index contributed by atoms with van der Waals surface area (Å²) < 4.78 is 31.6. The van der Waals surface area contributed by atoms with Crippen molar-refractivity contribution in [3.05, 3.63) is 29.8 Å². The Labute approximate surface area is 98.6 Å². The third-order valence-electron chi connectivity index (χ3n) is 1.41. The van der Waals surface area contributed by atoms with Gasteiger partial charge in [0, 0.05) is 0 Å². The molecule has 1 N–H and O–H groups in total. The van der Waals surface area contributed by atoms with Crippen molar-refractivity contribution in [3.63, 3.8) is 0 Å². The van der Waals surface area contributed by atoms with Crippen LogP contribution >= 0.6 is 0 Å². The van der Waals surface area contributed by atoms with Crippen LogP contribution in [0.2, 0.25) is 0 Å². The van der Waals surface area contributed by atoms with E-state index in [4.69, 9.17) is 5.11 Å². The van der Waals surface area contributed by atoms with E-state index >= 15 is 0 Å². The third-order valence-corrected chi connectivity index (χ3v) is 2.35. The predicted octanol–water partition coefficient (Wildman–Crippen LogP) is -2.91. The Morgan fingerprint density at radius 3 is 2.23 bits per heavy atom.